The van der Waals surface area contributed by atoms with Crippen LogP contribution in [-0.2, 0) is 0 Å². The van der Waals surface area contributed by atoms with Gasteiger partial charge in [-0.3, -0.25) is 0 Å². The van der Waals surface area contributed by atoms with Crippen molar-refractivity contribution in [3.05, 3.63) is 0 Å². The lowest BCUT2D eigenvalue weighted by molar-refractivity contribution is 0.0371. The molecule has 0 heterocycles. The summed E-state index contributed by atoms with van der Waals surface area (Å²) in [7, 11) is 0.311. The van der Waals surface area contributed by atoms with Gasteiger partial charge in [0.25, 0.3) is 0 Å². The zero-order chi connectivity index (χ0) is 13.5. The van der Waals surface area contributed by atoms with E-state index < -0.39 is 6.03 Å². The van der Waals surface area contributed by atoms with Crippen LogP contribution >= 0.6 is 8.58 Å². The van der Waals surface area contributed by atoms with Gasteiger partial charge in [0.05, 0.1) is 0 Å². The molecule has 0 bridgehead atoms. The van der Waals surface area contributed by atoms with Gasteiger partial charge in [0.2, 0.25) is 0 Å². The maximum absolute atomic E-state index is 8.70. The van der Waals surface area contributed by atoms with Crippen LogP contribution in [0.1, 0.15) is 84.0 Å². The van der Waals surface area contributed by atoms with Gasteiger partial charge >= 0.3 is 0 Å². The van der Waals surface area contributed by atoms with E-state index in [1.165, 1.54) is 70.6 Å². The molecule has 2 nitrogen and oxygen atoms in total. The third-order valence-corrected chi connectivity index (χ3v) is 4.36. The Labute approximate surface area is 115 Å². The van der Waals surface area contributed by atoms with Gasteiger partial charge in [0.15, 0.2) is 6.03 Å². The second-order valence-corrected chi connectivity index (χ2v) is 6.64. The van der Waals surface area contributed by atoms with E-state index in [0.717, 1.165) is 12.6 Å². The highest BCUT2D eigenvalue weighted by Gasteiger charge is 1.96. The lowest BCUT2D eigenvalue weighted by Crippen LogP contribution is -1.95. The number of aliphatic hydroxyl groups excluding tert-OH is 1. The first-order valence-corrected chi connectivity index (χ1v) is 9.15. The Hall–Kier alpha value is 0.350. The van der Waals surface area contributed by atoms with Crippen molar-refractivity contribution in [2.24, 2.45) is 0 Å². The maximum Gasteiger partial charge on any atom is 0.167 e. The van der Waals surface area contributed by atoms with E-state index in [9.17, 15) is 0 Å². The van der Waals surface area contributed by atoms with E-state index >= 15 is 0 Å². The largest absolute Gasteiger partial charge is 0.365 e. The molecule has 0 aliphatic heterocycles. The molecule has 0 saturated heterocycles. The molecule has 0 spiro atoms. The Morgan fingerprint density at radius 2 is 1.06 bits per heavy atom. The van der Waals surface area contributed by atoms with Crippen molar-refractivity contribution in [3.8, 4) is 0 Å². The number of rotatable bonds is 14. The van der Waals surface area contributed by atoms with Crippen LogP contribution in [0.3, 0.4) is 0 Å². The first-order valence-electron chi connectivity index (χ1n) is 7.87. The molecule has 18 heavy (non-hydrogen) atoms. The average molecular weight is 276 g/mol. The summed E-state index contributed by atoms with van der Waals surface area (Å²) in [5.74, 6) is 0. The standard InChI is InChI=1S/C15H33O2P/c1-2-3-4-5-6-7-8-9-10-11-12-13-14-18-15(16)17/h15-18H,2-14H2,1H3. The van der Waals surface area contributed by atoms with Crippen molar-refractivity contribution in [1.29, 1.82) is 0 Å². The molecule has 0 aromatic rings. The summed E-state index contributed by atoms with van der Waals surface area (Å²) in [5.41, 5.74) is 0. The van der Waals surface area contributed by atoms with Crippen LogP contribution in [0.4, 0.5) is 0 Å². The Morgan fingerprint density at radius 3 is 1.44 bits per heavy atom. The van der Waals surface area contributed by atoms with Gasteiger partial charge in [-0.1, -0.05) is 86.1 Å². The fourth-order valence-corrected chi connectivity index (χ4v) is 2.91. The number of hydrogen-bond donors (Lipinski definition) is 2. The smallest absolute Gasteiger partial charge is 0.167 e. The molecule has 0 aromatic carbocycles. The third-order valence-electron chi connectivity index (χ3n) is 3.36. The summed E-state index contributed by atoms with van der Waals surface area (Å²) >= 11 is 0. The first-order chi connectivity index (χ1) is 8.77. The van der Waals surface area contributed by atoms with E-state index in [1.807, 2.05) is 0 Å². The highest BCUT2D eigenvalue weighted by Crippen LogP contribution is 2.17. The molecular weight excluding hydrogens is 243 g/mol. The van der Waals surface area contributed by atoms with Crippen LogP contribution < -0.4 is 0 Å². The molecule has 0 aliphatic rings. The molecule has 2 N–H and O–H groups in total. The van der Waals surface area contributed by atoms with E-state index in [4.69, 9.17) is 10.2 Å². The van der Waals surface area contributed by atoms with Crippen LogP contribution in [0, 0.1) is 0 Å². The van der Waals surface area contributed by atoms with Crippen molar-refractivity contribution >= 4 is 8.58 Å². The van der Waals surface area contributed by atoms with Crippen LogP contribution in [0.5, 0.6) is 0 Å². The molecule has 0 rings (SSSR count). The van der Waals surface area contributed by atoms with Gasteiger partial charge in [-0.25, -0.2) is 0 Å². The van der Waals surface area contributed by atoms with Gasteiger partial charge in [-0.15, -0.1) is 0 Å². The average Bonchev–Trinajstić information content (AvgIpc) is 2.34. The van der Waals surface area contributed by atoms with E-state index in [1.54, 1.807) is 0 Å². The fraction of sp³-hybridized carbons (Fsp3) is 1.00. The topological polar surface area (TPSA) is 40.5 Å². The monoisotopic (exact) mass is 276 g/mol. The summed E-state index contributed by atoms with van der Waals surface area (Å²) in [5, 5.41) is 17.4. The van der Waals surface area contributed by atoms with Crippen molar-refractivity contribution < 1.29 is 10.2 Å². The second kappa shape index (κ2) is 15.4. The van der Waals surface area contributed by atoms with Gasteiger partial charge in [-0.05, 0) is 12.6 Å². The number of hydrogen-bond acceptors (Lipinski definition) is 2. The third kappa shape index (κ3) is 16.4. The first kappa shape index (κ1) is 18.4. The lowest BCUT2D eigenvalue weighted by Gasteiger charge is -2.04. The molecular formula is C15H33O2P. The normalized spacial score (nSPS) is 12.0. The molecule has 3 heteroatoms. The molecule has 0 saturated carbocycles. The predicted octanol–water partition coefficient (Wildman–Crippen LogP) is 4.63. The highest BCUT2D eigenvalue weighted by atomic mass is 31.1. The molecule has 0 fully saturated rings. The minimum Gasteiger partial charge on any atom is -0.365 e. The van der Waals surface area contributed by atoms with Crippen molar-refractivity contribution in [2.45, 2.75) is 90.0 Å². The zero-order valence-electron chi connectivity index (χ0n) is 12.2. The Kier molecular flexibility index (Phi) is 15.7. The molecule has 110 valence electrons. The quantitative estimate of drug-likeness (QED) is 0.276. The molecule has 0 amide bonds. The summed E-state index contributed by atoms with van der Waals surface area (Å²) in [6.45, 7) is 2.27. The SMILES string of the molecule is CCCCCCCCCCCCCCPC(O)O. The zero-order valence-corrected chi connectivity index (χ0v) is 13.2. The Balaban J connectivity index is 2.90. The Bertz CT molecular complexity index is 151. The lowest BCUT2D eigenvalue weighted by atomic mass is 10.1. The molecule has 0 aromatic heterocycles. The number of aliphatic hydroxyl groups is 2. The summed E-state index contributed by atoms with van der Waals surface area (Å²) in [4.78, 5) is 0. The van der Waals surface area contributed by atoms with Crippen molar-refractivity contribution in [2.75, 3.05) is 6.16 Å². The maximum atomic E-state index is 8.70. The van der Waals surface area contributed by atoms with Gasteiger partial charge in [0.1, 0.15) is 0 Å². The molecule has 0 aliphatic carbocycles. The Morgan fingerprint density at radius 1 is 0.667 bits per heavy atom. The molecule has 0 radical (unpaired) electrons. The highest BCUT2D eigenvalue weighted by molar-refractivity contribution is 7.38. The number of unbranched alkanes of at least 4 members (excludes halogenated alkanes) is 11. The fourth-order valence-electron chi connectivity index (χ4n) is 2.20. The summed E-state index contributed by atoms with van der Waals surface area (Å²) < 4.78 is 0. The summed E-state index contributed by atoms with van der Waals surface area (Å²) in [6, 6.07) is -1.07. The minimum absolute atomic E-state index is 0.311. The van der Waals surface area contributed by atoms with Crippen molar-refractivity contribution in [3.63, 3.8) is 0 Å². The second-order valence-electron chi connectivity index (χ2n) is 5.22. The molecule has 1 atom stereocenters. The molecule has 1 unspecified atom stereocenters. The summed E-state index contributed by atoms with van der Waals surface area (Å²) in [6.07, 6.45) is 17.3. The van der Waals surface area contributed by atoms with Crippen molar-refractivity contribution in [1.82, 2.24) is 0 Å². The van der Waals surface area contributed by atoms with E-state index in [-0.39, 0.29) is 0 Å². The van der Waals surface area contributed by atoms with Crippen LogP contribution in [0.25, 0.3) is 0 Å². The van der Waals surface area contributed by atoms with Gasteiger partial charge in [0, 0.05) is 0 Å². The predicted molar refractivity (Wildman–Crippen MR) is 82.5 cm³/mol. The van der Waals surface area contributed by atoms with Crippen LogP contribution in [0.2, 0.25) is 0 Å². The van der Waals surface area contributed by atoms with Gasteiger partial charge in [-0.2, -0.15) is 0 Å². The van der Waals surface area contributed by atoms with E-state index in [0.29, 0.717) is 8.58 Å². The van der Waals surface area contributed by atoms with Gasteiger partial charge < -0.3 is 10.2 Å². The van der Waals surface area contributed by atoms with Crippen LogP contribution in [0.15, 0.2) is 0 Å². The minimum atomic E-state index is -1.07. The van der Waals surface area contributed by atoms with Crippen LogP contribution in [-0.4, -0.2) is 22.4 Å². The van der Waals surface area contributed by atoms with E-state index in [2.05, 4.69) is 6.92 Å².